The molecule has 0 fully saturated rings. The summed E-state index contributed by atoms with van der Waals surface area (Å²) in [6, 6.07) is 8.79. The van der Waals surface area contributed by atoms with Crippen LogP contribution < -0.4 is 9.47 Å². The molecule has 0 saturated carbocycles. The van der Waals surface area contributed by atoms with Gasteiger partial charge in [0.2, 0.25) is 12.6 Å². The molecule has 132 valence electrons. The van der Waals surface area contributed by atoms with Gasteiger partial charge in [-0.3, -0.25) is 9.36 Å². The van der Waals surface area contributed by atoms with E-state index in [0.717, 1.165) is 0 Å². The highest BCUT2D eigenvalue weighted by Crippen LogP contribution is 2.33. The fourth-order valence-electron chi connectivity index (χ4n) is 2.56. The minimum absolute atomic E-state index is 0.0269. The number of furan rings is 1. The van der Waals surface area contributed by atoms with Crippen molar-refractivity contribution in [3.05, 3.63) is 54.8 Å². The molecule has 0 bridgehead atoms. The van der Waals surface area contributed by atoms with Gasteiger partial charge in [-0.15, -0.1) is 16.8 Å². The summed E-state index contributed by atoms with van der Waals surface area (Å²) in [5.74, 6) is 2.67. The molecule has 0 spiro atoms. The van der Waals surface area contributed by atoms with E-state index >= 15 is 0 Å². The molecule has 0 radical (unpaired) electrons. The number of fused-ring (bicyclic) bond motifs is 1. The molecule has 1 aromatic carbocycles. The van der Waals surface area contributed by atoms with Crippen LogP contribution in [0.4, 0.5) is 0 Å². The van der Waals surface area contributed by atoms with E-state index in [-0.39, 0.29) is 18.3 Å². The van der Waals surface area contributed by atoms with Gasteiger partial charge >= 0.3 is 0 Å². The fraction of sp³-hybridized carbons (Fsp3) is 0.167. The Morgan fingerprint density at radius 2 is 2.15 bits per heavy atom. The number of carbonyl (C=O) groups is 1. The zero-order valence-corrected chi connectivity index (χ0v) is 14.6. The van der Waals surface area contributed by atoms with E-state index in [2.05, 4.69) is 16.8 Å². The van der Waals surface area contributed by atoms with Crippen molar-refractivity contribution in [3.8, 4) is 23.1 Å². The second kappa shape index (κ2) is 7.09. The normalized spacial score (nSPS) is 12.3. The lowest BCUT2D eigenvalue weighted by Gasteiger charge is -2.06. The summed E-state index contributed by atoms with van der Waals surface area (Å²) in [7, 11) is 0. The van der Waals surface area contributed by atoms with Crippen LogP contribution in [0.3, 0.4) is 0 Å². The van der Waals surface area contributed by atoms with Crippen LogP contribution in [0.25, 0.3) is 11.6 Å². The molecule has 0 saturated heterocycles. The minimum Gasteiger partial charge on any atom is -0.461 e. The quantitative estimate of drug-likeness (QED) is 0.359. The molecule has 3 heterocycles. The molecule has 0 aliphatic carbocycles. The number of benzene rings is 1. The number of carbonyl (C=O) groups excluding carboxylic acids is 1. The van der Waals surface area contributed by atoms with E-state index in [1.165, 1.54) is 11.8 Å². The average Bonchev–Trinajstić information content (AvgIpc) is 3.39. The Kier molecular flexibility index (Phi) is 4.49. The van der Waals surface area contributed by atoms with Gasteiger partial charge in [0.1, 0.15) is 0 Å². The van der Waals surface area contributed by atoms with Crippen molar-refractivity contribution in [2.45, 2.75) is 11.7 Å². The van der Waals surface area contributed by atoms with E-state index < -0.39 is 0 Å². The van der Waals surface area contributed by atoms with Gasteiger partial charge in [0.25, 0.3) is 0 Å². The molecule has 1 aliphatic heterocycles. The number of rotatable bonds is 7. The molecule has 0 unspecified atom stereocenters. The smallest absolute Gasteiger partial charge is 0.231 e. The predicted molar refractivity (Wildman–Crippen MR) is 95.5 cm³/mol. The van der Waals surface area contributed by atoms with Crippen LogP contribution in [0.5, 0.6) is 11.5 Å². The molecule has 7 nitrogen and oxygen atoms in total. The Bertz CT molecular complexity index is 950. The van der Waals surface area contributed by atoms with E-state index in [1.807, 2.05) is 10.6 Å². The Labute approximate surface area is 153 Å². The van der Waals surface area contributed by atoms with E-state index in [0.29, 0.717) is 40.3 Å². The first kappa shape index (κ1) is 16.5. The van der Waals surface area contributed by atoms with Crippen LogP contribution >= 0.6 is 11.8 Å². The summed E-state index contributed by atoms with van der Waals surface area (Å²) >= 11 is 1.32. The number of Topliss-reactive ketones (excluding diaryl/α,β-unsaturated/α-hetero) is 1. The standard InChI is InChI=1S/C18H15N3O4S/c1-2-7-21-17(15-4-3-8-23-15)19-20-18(21)26-10-13(22)12-5-6-14-16(9-12)25-11-24-14/h2-6,8-9H,1,7,10-11H2. The first-order valence-corrected chi connectivity index (χ1v) is 8.88. The van der Waals surface area contributed by atoms with Gasteiger partial charge < -0.3 is 13.9 Å². The van der Waals surface area contributed by atoms with Crippen LogP contribution in [-0.2, 0) is 6.54 Å². The Balaban J connectivity index is 1.51. The summed E-state index contributed by atoms with van der Waals surface area (Å²) in [5.41, 5.74) is 0.572. The van der Waals surface area contributed by atoms with Gasteiger partial charge in [-0.25, -0.2) is 0 Å². The van der Waals surface area contributed by atoms with Crippen LogP contribution in [0.15, 0.2) is 58.8 Å². The number of hydrogen-bond acceptors (Lipinski definition) is 7. The second-order valence-electron chi connectivity index (χ2n) is 5.46. The lowest BCUT2D eigenvalue weighted by Crippen LogP contribution is -2.05. The number of nitrogens with zero attached hydrogens (tertiary/aromatic N) is 3. The summed E-state index contributed by atoms with van der Waals surface area (Å²) < 4.78 is 17.8. The van der Waals surface area contributed by atoms with Gasteiger partial charge in [-0.1, -0.05) is 17.8 Å². The number of thioether (sulfide) groups is 1. The van der Waals surface area contributed by atoms with E-state index in [4.69, 9.17) is 13.9 Å². The summed E-state index contributed by atoms with van der Waals surface area (Å²) in [6.45, 7) is 4.47. The Hall–Kier alpha value is -3.00. The molecule has 26 heavy (non-hydrogen) atoms. The molecule has 0 atom stereocenters. The third kappa shape index (κ3) is 3.11. The van der Waals surface area contributed by atoms with E-state index in [9.17, 15) is 4.79 Å². The average molecular weight is 369 g/mol. The van der Waals surface area contributed by atoms with Crippen LogP contribution in [0.2, 0.25) is 0 Å². The largest absolute Gasteiger partial charge is 0.461 e. The van der Waals surface area contributed by atoms with Gasteiger partial charge in [-0.05, 0) is 30.3 Å². The van der Waals surface area contributed by atoms with Crippen molar-refractivity contribution < 1.29 is 18.7 Å². The Morgan fingerprint density at radius 3 is 2.96 bits per heavy atom. The molecule has 4 rings (SSSR count). The van der Waals surface area contributed by atoms with Crippen LogP contribution in [0, 0.1) is 0 Å². The van der Waals surface area contributed by atoms with Gasteiger partial charge in [-0.2, -0.15) is 0 Å². The maximum absolute atomic E-state index is 12.5. The first-order chi connectivity index (χ1) is 12.8. The van der Waals surface area contributed by atoms with Crippen LogP contribution in [-0.4, -0.2) is 33.1 Å². The van der Waals surface area contributed by atoms with Gasteiger partial charge in [0.05, 0.1) is 12.0 Å². The van der Waals surface area contributed by atoms with E-state index in [1.54, 1.807) is 36.6 Å². The molecule has 1 aliphatic rings. The maximum atomic E-state index is 12.5. The zero-order valence-electron chi connectivity index (χ0n) is 13.8. The third-order valence-corrected chi connectivity index (χ3v) is 4.76. The summed E-state index contributed by atoms with van der Waals surface area (Å²) in [5, 5.41) is 8.99. The number of hydrogen-bond donors (Lipinski definition) is 0. The van der Waals surface area contributed by atoms with Crippen molar-refractivity contribution >= 4 is 17.5 Å². The highest BCUT2D eigenvalue weighted by atomic mass is 32.2. The first-order valence-electron chi connectivity index (χ1n) is 7.90. The van der Waals surface area contributed by atoms with Crippen molar-refractivity contribution in [1.82, 2.24) is 14.8 Å². The third-order valence-electron chi connectivity index (χ3n) is 3.80. The molecular formula is C18H15N3O4S. The predicted octanol–water partition coefficient (Wildman–Crippen LogP) is 3.43. The Morgan fingerprint density at radius 1 is 1.27 bits per heavy atom. The van der Waals surface area contributed by atoms with Crippen molar-refractivity contribution in [1.29, 1.82) is 0 Å². The monoisotopic (exact) mass is 369 g/mol. The molecule has 3 aromatic rings. The van der Waals surface area contributed by atoms with Crippen LogP contribution in [0.1, 0.15) is 10.4 Å². The highest BCUT2D eigenvalue weighted by molar-refractivity contribution is 7.99. The van der Waals surface area contributed by atoms with Crippen molar-refractivity contribution in [2.75, 3.05) is 12.5 Å². The second-order valence-corrected chi connectivity index (χ2v) is 6.41. The number of ether oxygens (including phenoxy) is 2. The summed E-state index contributed by atoms with van der Waals surface area (Å²) in [6.07, 6.45) is 3.33. The van der Waals surface area contributed by atoms with Crippen molar-refractivity contribution in [2.24, 2.45) is 0 Å². The lowest BCUT2D eigenvalue weighted by atomic mass is 10.1. The van der Waals surface area contributed by atoms with Gasteiger partial charge in [0, 0.05) is 12.1 Å². The van der Waals surface area contributed by atoms with Gasteiger partial charge in [0.15, 0.2) is 28.2 Å². The molecule has 0 N–H and O–H groups in total. The minimum atomic E-state index is -0.0269. The molecule has 8 heteroatoms. The zero-order chi connectivity index (χ0) is 17.9. The molecule has 2 aromatic heterocycles. The summed E-state index contributed by atoms with van der Waals surface area (Å²) in [4.78, 5) is 12.5. The number of aromatic nitrogens is 3. The topological polar surface area (TPSA) is 79.4 Å². The fourth-order valence-corrected chi connectivity index (χ4v) is 3.40. The lowest BCUT2D eigenvalue weighted by molar-refractivity contribution is 0.102. The van der Waals surface area contributed by atoms with Crippen molar-refractivity contribution in [3.63, 3.8) is 0 Å². The molecule has 0 amide bonds. The maximum Gasteiger partial charge on any atom is 0.231 e. The number of allylic oxidation sites excluding steroid dienone is 1. The SMILES string of the molecule is C=CCn1c(SCC(=O)c2ccc3c(c2)OCO3)nnc1-c1ccco1. The molecular weight excluding hydrogens is 354 g/mol. The highest BCUT2D eigenvalue weighted by Gasteiger charge is 2.19. The number of ketones is 1.